The smallest absolute Gasteiger partial charge is 0.258 e. The number of hydrogen-bond acceptors (Lipinski definition) is 3. The fraction of sp³-hybridized carbons (Fsp3) is 0.0909. The predicted molar refractivity (Wildman–Crippen MR) is 112 cm³/mol. The number of anilines is 2. The third kappa shape index (κ3) is 3.39. The number of benzene rings is 3. The zero-order chi connectivity index (χ0) is 19.7. The highest BCUT2D eigenvalue weighted by Crippen LogP contribution is 2.33. The largest absolute Gasteiger partial charge is 0.497 e. The van der Waals surface area contributed by atoms with E-state index in [4.69, 9.17) is 4.74 Å². The molecule has 0 spiro atoms. The molecule has 1 aliphatic rings. The van der Waals surface area contributed by atoms with Gasteiger partial charge in [-0.15, -0.1) is 0 Å². The van der Waals surface area contributed by atoms with Crippen molar-refractivity contribution in [2.24, 2.45) is 0 Å². The molecule has 3 aromatic carbocycles. The van der Waals surface area contributed by atoms with Gasteiger partial charge in [-0.1, -0.05) is 18.2 Å². The summed E-state index contributed by atoms with van der Waals surface area (Å²) in [6, 6.07) is 20.0. The van der Waals surface area contributed by atoms with Crippen LogP contribution in [0.1, 0.15) is 26.3 Å². The number of nitrogens with one attached hydrogen (secondary N) is 1. The lowest BCUT2D eigenvalue weighted by Crippen LogP contribution is -2.23. The highest BCUT2D eigenvalue weighted by molar-refractivity contribution is 9.10. The molecule has 2 amide bonds. The standard InChI is InChI=1S/C22H17BrN2O3/c1-28-17-9-6-14(7-10-17)21(26)24-20-11-8-16(12-19(20)23)25-13-15-4-2-3-5-18(15)22(25)27/h2-12H,13H2,1H3,(H,24,26). The zero-order valence-electron chi connectivity index (χ0n) is 15.1. The fourth-order valence-corrected chi connectivity index (χ4v) is 3.64. The van der Waals surface area contributed by atoms with E-state index >= 15 is 0 Å². The van der Waals surface area contributed by atoms with Crippen molar-refractivity contribution in [2.45, 2.75) is 6.54 Å². The van der Waals surface area contributed by atoms with Crippen molar-refractivity contribution in [1.82, 2.24) is 0 Å². The summed E-state index contributed by atoms with van der Waals surface area (Å²) in [6.45, 7) is 0.541. The van der Waals surface area contributed by atoms with Crippen LogP contribution in [0.5, 0.6) is 5.75 Å². The van der Waals surface area contributed by atoms with Crippen LogP contribution in [0, 0.1) is 0 Å². The summed E-state index contributed by atoms with van der Waals surface area (Å²) in [5.41, 5.74) is 3.68. The number of amides is 2. The summed E-state index contributed by atoms with van der Waals surface area (Å²) in [5, 5.41) is 2.88. The second kappa shape index (κ2) is 7.48. The van der Waals surface area contributed by atoms with E-state index in [0.717, 1.165) is 16.8 Å². The van der Waals surface area contributed by atoms with Crippen LogP contribution in [0.4, 0.5) is 11.4 Å². The molecule has 1 N–H and O–H groups in total. The number of hydrogen-bond donors (Lipinski definition) is 1. The molecule has 0 bridgehead atoms. The van der Waals surface area contributed by atoms with Crippen molar-refractivity contribution in [3.63, 3.8) is 0 Å². The Kier molecular flexibility index (Phi) is 4.88. The molecule has 0 saturated carbocycles. The van der Waals surface area contributed by atoms with E-state index < -0.39 is 0 Å². The van der Waals surface area contributed by atoms with Gasteiger partial charge in [-0.3, -0.25) is 9.59 Å². The Balaban J connectivity index is 1.52. The number of halogens is 1. The molecule has 6 heteroatoms. The normalized spacial score (nSPS) is 12.6. The predicted octanol–water partition coefficient (Wildman–Crippen LogP) is 4.87. The monoisotopic (exact) mass is 436 g/mol. The zero-order valence-corrected chi connectivity index (χ0v) is 16.7. The molecular weight excluding hydrogens is 420 g/mol. The number of ether oxygens (including phenoxy) is 1. The van der Waals surface area contributed by atoms with Crippen LogP contribution in [0.2, 0.25) is 0 Å². The van der Waals surface area contributed by atoms with Crippen LogP contribution in [-0.4, -0.2) is 18.9 Å². The van der Waals surface area contributed by atoms with Gasteiger partial charge in [-0.25, -0.2) is 0 Å². The Morgan fingerprint density at radius 2 is 1.82 bits per heavy atom. The Hall–Kier alpha value is -3.12. The maximum atomic E-state index is 12.6. The van der Waals surface area contributed by atoms with Crippen LogP contribution in [0.15, 0.2) is 71.2 Å². The van der Waals surface area contributed by atoms with Gasteiger partial charge in [-0.05, 0) is 70.0 Å². The van der Waals surface area contributed by atoms with E-state index in [2.05, 4.69) is 21.2 Å². The molecule has 0 aliphatic carbocycles. The highest BCUT2D eigenvalue weighted by atomic mass is 79.9. The minimum atomic E-state index is -0.222. The van der Waals surface area contributed by atoms with Crippen LogP contribution in [0.3, 0.4) is 0 Å². The molecule has 4 rings (SSSR count). The van der Waals surface area contributed by atoms with Crippen LogP contribution >= 0.6 is 15.9 Å². The Morgan fingerprint density at radius 1 is 1.07 bits per heavy atom. The molecule has 0 atom stereocenters. The third-order valence-corrected chi connectivity index (χ3v) is 5.34. The fourth-order valence-electron chi connectivity index (χ4n) is 3.17. The van der Waals surface area contributed by atoms with Crippen molar-refractivity contribution < 1.29 is 14.3 Å². The molecule has 0 fully saturated rings. The molecule has 1 heterocycles. The van der Waals surface area contributed by atoms with Crippen LogP contribution in [-0.2, 0) is 6.54 Å². The number of rotatable bonds is 4. The SMILES string of the molecule is COc1ccc(C(=O)Nc2ccc(N3Cc4ccccc4C3=O)cc2Br)cc1. The number of carbonyl (C=O) groups excluding carboxylic acids is 2. The molecule has 140 valence electrons. The van der Waals surface area contributed by atoms with Gasteiger partial charge in [0.05, 0.1) is 19.3 Å². The molecule has 0 aromatic heterocycles. The molecule has 0 saturated heterocycles. The van der Waals surface area contributed by atoms with Gasteiger partial charge in [-0.2, -0.15) is 0 Å². The number of methoxy groups -OCH3 is 1. The summed E-state index contributed by atoms with van der Waals surface area (Å²) in [4.78, 5) is 26.8. The number of nitrogens with zero attached hydrogens (tertiary/aromatic N) is 1. The van der Waals surface area contributed by atoms with Crippen molar-refractivity contribution in [3.8, 4) is 5.75 Å². The maximum Gasteiger partial charge on any atom is 0.258 e. The second-order valence-electron chi connectivity index (χ2n) is 6.40. The minimum absolute atomic E-state index is 0.0162. The van der Waals surface area contributed by atoms with Crippen molar-refractivity contribution >= 4 is 39.1 Å². The lowest BCUT2D eigenvalue weighted by Gasteiger charge is -2.17. The third-order valence-electron chi connectivity index (χ3n) is 4.69. The summed E-state index contributed by atoms with van der Waals surface area (Å²) in [6.07, 6.45) is 0. The van der Waals surface area contributed by atoms with Crippen molar-refractivity contribution in [1.29, 1.82) is 0 Å². The first kappa shape index (κ1) is 18.3. The summed E-state index contributed by atoms with van der Waals surface area (Å²) in [7, 11) is 1.58. The van der Waals surface area contributed by atoms with E-state index in [9.17, 15) is 9.59 Å². The first-order valence-corrected chi connectivity index (χ1v) is 9.51. The van der Waals surface area contributed by atoms with Crippen LogP contribution < -0.4 is 15.0 Å². The molecule has 0 unspecified atom stereocenters. The molecular formula is C22H17BrN2O3. The van der Waals surface area contributed by atoms with Gasteiger partial charge < -0.3 is 15.0 Å². The van der Waals surface area contributed by atoms with Gasteiger partial charge in [0.2, 0.25) is 0 Å². The molecule has 1 aliphatic heterocycles. The summed E-state index contributed by atoms with van der Waals surface area (Å²) >= 11 is 3.50. The Bertz CT molecular complexity index is 1060. The van der Waals surface area contributed by atoms with Gasteiger partial charge in [0, 0.05) is 21.3 Å². The van der Waals surface area contributed by atoms with E-state index in [1.165, 1.54) is 0 Å². The highest BCUT2D eigenvalue weighted by Gasteiger charge is 2.28. The molecule has 28 heavy (non-hydrogen) atoms. The van der Waals surface area contributed by atoms with E-state index in [1.54, 1.807) is 42.3 Å². The first-order chi connectivity index (χ1) is 13.6. The molecule has 5 nitrogen and oxygen atoms in total. The van der Waals surface area contributed by atoms with Crippen molar-refractivity contribution in [3.05, 3.63) is 87.9 Å². The van der Waals surface area contributed by atoms with E-state index in [1.807, 2.05) is 36.4 Å². The van der Waals surface area contributed by atoms with Gasteiger partial charge in [0.1, 0.15) is 5.75 Å². The average Bonchev–Trinajstić information content (AvgIpc) is 3.06. The topological polar surface area (TPSA) is 58.6 Å². The first-order valence-electron chi connectivity index (χ1n) is 8.71. The second-order valence-corrected chi connectivity index (χ2v) is 7.25. The lowest BCUT2D eigenvalue weighted by molar-refractivity contribution is 0.0994. The number of fused-ring (bicyclic) bond motifs is 1. The van der Waals surface area contributed by atoms with Crippen molar-refractivity contribution in [2.75, 3.05) is 17.3 Å². The summed E-state index contributed by atoms with van der Waals surface area (Å²) in [5.74, 6) is 0.455. The lowest BCUT2D eigenvalue weighted by atomic mass is 10.1. The van der Waals surface area contributed by atoms with E-state index in [0.29, 0.717) is 28.0 Å². The van der Waals surface area contributed by atoms with Gasteiger partial charge in [0.15, 0.2) is 0 Å². The quantitative estimate of drug-likeness (QED) is 0.634. The average molecular weight is 437 g/mol. The minimum Gasteiger partial charge on any atom is -0.497 e. The Labute approximate surface area is 171 Å². The molecule has 0 radical (unpaired) electrons. The number of carbonyl (C=O) groups is 2. The Morgan fingerprint density at radius 3 is 2.50 bits per heavy atom. The van der Waals surface area contributed by atoms with E-state index in [-0.39, 0.29) is 11.8 Å². The van der Waals surface area contributed by atoms with Crippen LogP contribution in [0.25, 0.3) is 0 Å². The van der Waals surface area contributed by atoms with Gasteiger partial charge in [0.25, 0.3) is 11.8 Å². The summed E-state index contributed by atoms with van der Waals surface area (Å²) < 4.78 is 5.81. The molecule has 3 aromatic rings. The maximum absolute atomic E-state index is 12.6. The van der Waals surface area contributed by atoms with Gasteiger partial charge >= 0.3 is 0 Å².